The van der Waals surface area contributed by atoms with Crippen LogP contribution in [0.4, 0.5) is 5.69 Å². The van der Waals surface area contributed by atoms with Crippen molar-refractivity contribution < 1.29 is 14.6 Å². The molecule has 188 valence electrons. The molecule has 0 saturated carbocycles. The van der Waals surface area contributed by atoms with Crippen LogP contribution in [0.2, 0.25) is 0 Å². The van der Waals surface area contributed by atoms with Crippen molar-refractivity contribution in [1.29, 1.82) is 0 Å². The van der Waals surface area contributed by atoms with Gasteiger partial charge in [0.15, 0.2) is 0 Å². The molecule has 0 unspecified atom stereocenters. The minimum absolute atomic E-state index is 0.0528. The first kappa shape index (κ1) is 25.3. The van der Waals surface area contributed by atoms with Gasteiger partial charge >= 0.3 is 0 Å². The Bertz CT molecular complexity index is 1290. The molecule has 2 aromatic carbocycles. The minimum Gasteiger partial charge on any atom is -0.396 e. The topological polar surface area (TPSA) is 105 Å². The molecule has 0 aliphatic rings. The number of fused-ring (bicyclic) bond motifs is 1. The number of aromatic nitrogens is 4. The Morgan fingerprint density at radius 2 is 2.03 bits per heavy atom. The number of hydrogen-bond donors (Lipinski definition) is 3. The molecule has 4 aromatic rings. The first-order valence-electron chi connectivity index (χ1n) is 12.2. The summed E-state index contributed by atoms with van der Waals surface area (Å²) in [4.78, 5) is 15.8. The lowest BCUT2D eigenvalue weighted by Gasteiger charge is -2.21. The molecule has 0 bridgehead atoms. The number of allylic oxidation sites excluding steroid dienone is 1. The molecule has 8 heteroatoms. The number of aliphatic hydroxyl groups excluding tert-OH is 1. The molecule has 2 aromatic heterocycles. The average molecular weight is 488 g/mol. The van der Waals surface area contributed by atoms with E-state index in [1.807, 2.05) is 60.9 Å². The Labute approximate surface area is 211 Å². The SMILES string of the molecule is CO[C@H](c1ccc(NC(=O)Cc2c[nH]c3ccccc23)cc1)[C@H](C)/C=C/CCn1cc(CCO)nn1. The van der Waals surface area contributed by atoms with Gasteiger partial charge in [-0.05, 0) is 35.7 Å². The van der Waals surface area contributed by atoms with Crippen LogP contribution in [0.25, 0.3) is 10.9 Å². The summed E-state index contributed by atoms with van der Waals surface area (Å²) in [6.45, 7) is 2.93. The van der Waals surface area contributed by atoms with Gasteiger partial charge in [0, 0.05) is 61.6 Å². The second-order valence-corrected chi connectivity index (χ2v) is 8.89. The van der Waals surface area contributed by atoms with Crippen molar-refractivity contribution in [2.24, 2.45) is 5.92 Å². The summed E-state index contributed by atoms with van der Waals surface area (Å²) in [5, 5.41) is 21.2. The molecular formula is C28H33N5O3. The van der Waals surface area contributed by atoms with Gasteiger partial charge in [0.25, 0.3) is 0 Å². The van der Waals surface area contributed by atoms with E-state index in [2.05, 4.69) is 39.7 Å². The number of carbonyl (C=O) groups is 1. The average Bonchev–Trinajstić information content (AvgIpc) is 3.50. The van der Waals surface area contributed by atoms with E-state index < -0.39 is 0 Å². The first-order valence-corrected chi connectivity index (χ1v) is 12.2. The maximum atomic E-state index is 12.6. The summed E-state index contributed by atoms with van der Waals surface area (Å²) in [6.07, 6.45) is 9.60. The predicted octanol–water partition coefficient (Wildman–Crippen LogP) is 4.45. The third-order valence-corrected chi connectivity index (χ3v) is 6.20. The zero-order valence-electron chi connectivity index (χ0n) is 20.7. The quantitative estimate of drug-likeness (QED) is 0.256. The smallest absolute Gasteiger partial charge is 0.228 e. The highest BCUT2D eigenvalue weighted by molar-refractivity contribution is 5.95. The number of nitrogens with one attached hydrogen (secondary N) is 2. The number of aromatic amines is 1. The molecule has 2 atom stereocenters. The second-order valence-electron chi connectivity index (χ2n) is 8.89. The fraction of sp³-hybridized carbons (Fsp3) is 0.321. The molecule has 0 spiro atoms. The lowest BCUT2D eigenvalue weighted by atomic mass is 9.96. The van der Waals surface area contributed by atoms with Crippen LogP contribution >= 0.6 is 0 Å². The normalized spacial score (nSPS) is 13.3. The molecular weight excluding hydrogens is 454 g/mol. The standard InChI is InChI=1S/C28H33N5O3/c1-20(7-5-6-15-33-19-24(14-16-34)31-32-33)28(36-2)21-10-12-23(13-11-21)30-27(35)17-22-18-29-26-9-4-3-8-25(22)26/h3-5,7-13,18-20,28-29,34H,6,14-17H2,1-2H3,(H,30,35)/b7-5+/t20-,28+/m1/s1. The maximum absolute atomic E-state index is 12.6. The van der Waals surface area contributed by atoms with Gasteiger partial charge in [0.2, 0.25) is 5.91 Å². The van der Waals surface area contributed by atoms with E-state index >= 15 is 0 Å². The number of anilines is 1. The van der Waals surface area contributed by atoms with Crippen molar-refractivity contribution >= 4 is 22.5 Å². The van der Waals surface area contributed by atoms with Gasteiger partial charge in [-0.2, -0.15) is 0 Å². The number of nitrogens with zero attached hydrogens (tertiary/aromatic N) is 3. The number of hydrogen-bond acceptors (Lipinski definition) is 5. The van der Waals surface area contributed by atoms with Crippen molar-refractivity contribution in [3.8, 4) is 0 Å². The van der Waals surface area contributed by atoms with Gasteiger partial charge in [-0.25, -0.2) is 0 Å². The number of ether oxygens (including phenoxy) is 1. The monoisotopic (exact) mass is 487 g/mol. The fourth-order valence-corrected chi connectivity index (χ4v) is 4.36. The molecule has 36 heavy (non-hydrogen) atoms. The zero-order chi connectivity index (χ0) is 25.3. The van der Waals surface area contributed by atoms with Crippen LogP contribution in [-0.2, 0) is 28.9 Å². The van der Waals surface area contributed by atoms with Crippen LogP contribution in [0.3, 0.4) is 0 Å². The van der Waals surface area contributed by atoms with Crippen LogP contribution in [-0.4, -0.2) is 44.7 Å². The third-order valence-electron chi connectivity index (χ3n) is 6.20. The van der Waals surface area contributed by atoms with Crippen LogP contribution in [0.5, 0.6) is 0 Å². The number of amides is 1. The summed E-state index contributed by atoms with van der Waals surface area (Å²) < 4.78 is 7.57. The third kappa shape index (κ3) is 6.47. The Balaban J connectivity index is 1.29. The predicted molar refractivity (Wildman–Crippen MR) is 141 cm³/mol. The number of aliphatic hydroxyl groups is 1. The first-order chi connectivity index (χ1) is 17.6. The number of H-pyrrole nitrogens is 1. The van der Waals surface area contributed by atoms with Crippen molar-refractivity contribution in [3.63, 3.8) is 0 Å². The number of rotatable bonds is 12. The largest absolute Gasteiger partial charge is 0.396 e. The van der Waals surface area contributed by atoms with Gasteiger partial charge in [0.05, 0.1) is 18.2 Å². The highest BCUT2D eigenvalue weighted by Gasteiger charge is 2.17. The fourth-order valence-electron chi connectivity index (χ4n) is 4.36. The van der Waals surface area contributed by atoms with Crippen molar-refractivity contribution in [2.45, 2.75) is 38.8 Å². The van der Waals surface area contributed by atoms with Crippen LogP contribution in [0, 0.1) is 5.92 Å². The number of para-hydroxylation sites is 1. The molecule has 0 aliphatic heterocycles. The van der Waals surface area contributed by atoms with Crippen LogP contribution in [0.1, 0.15) is 36.3 Å². The Morgan fingerprint density at radius 1 is 1.22 bits per heavy atom. The number of methoxy groups -OCH3 is 1. The Kier molecular flexibility index (Phi) is 8.65. The summed E-state index contributed by atoms with van der Waals surface area (Å²) in [6, 6.07) is 15.8. The van der Waals surface area contributed by atoms with Crippen molar-refractivity contribution in [1.82, 2.24) is 20.0 Å². The number of aryl methyl sites for hydroxylation is 1. The molecule has 0 radical (unpaired) electrons. The van der Waals surface area contributed by atoms with Gasteiger partial charge in [-0.1, -0.05) is 54.6 Å². The van der Waals surface area contributed by atoms with Gasteiger partial charge in [-0.15, -0.1) is 5.10 Å². The molecule has 0 saturated heterocycles. The summed E-state index contributed by atoms with van der Waals surface area (Å²) in [7, 11) is 1.71. The van der Waals surface area contributed by atoms with Crippen LogP contribution < -0.4 is 5.32 Å². The highest BCUT2D eigenvalue weighted by atomic mass is 16.5. The molecule has 4 rings (SSSR count). The lowest BCUT2D eigenvalue weighted by Crippen LogP contribution is -2.14. The zero-order valence-corrected chi connectivity index (χ0v) is 20.7. The van der Waals surface area contributed by atoms with E-state index in [0.717, 1.165) is 46.4 Å². The summed E-state index contributed by atoms with van der Waals surface area (Å²) >= 11 is 0. The second kappa shape index (κ2) is 12.3. The lowest BCUT2D eigenvalue weighted by molar-refractivity contribution is -0.115. The van der Waals surface area contributed by atoms with E-state index in [1.54, 1.807) is 11.8 Å². The summed E-state index contributed by atoms with van der Waals surface area (Å²) in [5.74, 6) is 0.112. The van der Waals surface area contributed by atoms with Gasteiger partial charge in [0.1, 0.15) is 0 Å². The van der Waals surface area contributed by atoms with E-state index in [9.17, 15) is 4.79 Å². The molecule has 0 aliphatic carbocycles. The van der Waals surface area contributed by atoms with E-state index in [1.165, 1.54) is 0 Å². The molecule has 8 nitrogen and oxygen atoms in total. The Hall–Kier alpha value is -3.75. The van der Waals surface area contributed by atoms with Gasteiger partial charge in [-0.3, -0.25) is 9.48 Å². The minimum atomic E-state index is -0.0975. The Morgan fingerprint density at radius 3 is 2.81 bits per heavy atom. The maximum Gasteiger partial charge on any atom is 0.228 e. The molecule has 0 fully saturated rings. The van der Waals surface area contributed by atoms with Crippen LogP contribution in [0.15, 0.2) is 73.1 Å². The molecule has 2 heterocycles. The molecule has 3 N–H and O–H groups in total. The highest BCUT2D eigenvalue weighted by Crippen LogP contribution is 2.28. The molecule has 1 amide bonds. The number of carbonyl (C=O) groups excluding carboxylic acids is 1. The number of benzene rings is 2. The van der Waals surface area contributed by atoms with Crippen molar-refractivity contribution in [2.75, 3.05) is 19.0 Å². The van der Waals surface area contributed by atoms with Gasteiger partial charge < -0.3 is 20.1 Å². The van der Waals surface area contributed by atoms with E-state index in [-0.39, 0.29) is 24.5 Å². The summed E-state index contributed by atoms with van der Waals surface area (Å²) in [5.41, 5.74) is 4.62. The van der Waals surface area contributed by atoms with E-state index in [4.69, 9.17) is 9.84 Å². The van der Waals surface area contributed by atoms with Crippen molar-refractivity contribution in [3.05, 3.63) is 89.9 Å². The van der Waals surface area contributed by atoms with E-state index in [0.29, 0.717) is 12.8 Å².